The van der Waals surface area contributed by atoms with Crippen LogP contribution in [0.5, 0.6) is 17.2 Å². The van der Waals surface area contributed by atoms with Crippen molar-refractivity contribution in [2.24, 2.45) is 5.10 Å². The van der Waals surface area contributed by atoms with Gasteiger partial charge in [-0.1, -0.05) is 41.4 Å². The molecule has 0 unspecified atom stereocenters. The first kappa shape index (κ1) is 24.9. The number of nitrogens with one attached hydrogen (secondary N) is 1. The molecule has 1 N–H and O–H groups in total. The quantitative estimate of drug-likeness (QED) is 0.243. The number of hydrazone groups is 1. The number of methoxy groups -OCH3 is 1. The van der Waals surface area contributed by atoms with Crippen LogP contribution in [-0.2, 0) is 6.61 Å². The molecule has 0 atom stereocenters. The molecule has 1 amide bonds. The zero-order valence-corrected chi connectivity index (χ0v) is 21.0. The van der Waals surface area contributed by atoms with Crippen molar-refractivity contribution < 1.29 is 19.0 Å². The van der Waals surface area contributed by atoms with Crippen molar-refractivity contribution in [1.82, 2.24) is 5.43 Å². The summed E-state index contributed by atoms with van der Waals surface area (Å²) in [5.41, 5.74) is 4.38. The fourth-order valence-corrected chi connectivity index (χ4v) is 3.77. The highest BCUT2D eigenvalue weighted by atomic mass is 79.9. The number of hydrogen-bond donors (Lipinski definition) is 1. The molecular formula is C24H21BrCl2N2O4. The maximum atomic E-state index is 12.4. The van der Waals surface area contributed by atoms with Crippen LogP contribution >= 0.6 is 39.1 Å². The van der Waals surface area contributed by atoms with Gasteiger partial charge in [-0.2, -0.15) is 5.10 Å². The molecule has 0 fully saturated rings. The molecule has 9 heteroatoms. The van der Waals surface area contributed by atoms with E-state index in [1.807, 2.05) is 13.0 Å². The smallest absolute Gasteiger partial charge is 0.275 e. The largest absolute Gasteiger partial charge is 0.496 e. The van der Waals surface area contributed by atoms with Crippen molar-refractivity contribution in [3.8, 4) is 17.2 Å². The molecule has 0 bridgehead atoms. The Morgan fingerprint density at radius 1 is 1.06 bits per heavy atom. The lowest BCUT2D eigenvalue weighted by Crippen LogP contribution is -2.18. The summed E-state index contributed by atoms with van der Waals surface area (Å²) >= 11 is 15.7. The number of benzene rings is 3. The zero-order valence-electron chi connectivity index (χ0n) is 17.9. The van der Waals surface area contributed by atoms with E-state index >= 15 is 0 Å². The zero-order chi connectivity index (χ0) is 23.8. The molecule has 0 aliphatic rings. The normalized spacial score (nSPS) is 10.8. The van der Waals surface area contributed by atoms with Crippen LogP contribution in [0.2, 0.25) is 10.0 Å². The molecule has 0 spiro atoms. The highest BCUT2D eigenvalue weighted by molar-refractivity contribution is 9.10. The maximum Gasteiger partial charge on any atom is 0.275 e. The van der Waals surface area contributed by atoms with Crippen molar-refractivity contribution >= 4 is 51.3 Å². The van der Waals surface area contributed by atoms with E-state index in [9.17, 15) is 4.79 Å². The highest BCUT2D eigenvalue weighted by Crippen LogP contribution is 2.34. The van der Waals surface area contributed by atoms with Crippen molar-refractivity contribution in [2.45, 2.75) is 13.5 Å². The lowest BCUT2D eigenvalue weighted by atomic mass is 10.2. The molecule has 33 heavy (non-hydrogen) atoms. The summed E-state index contributed by atoms with van der Waals surface area (Å²) in [4.78, 5) is 12.4. The van der Waals surface area contributed by atoms with E-state index in [2.05, 4.69) is 26.5 Å². The van der Waals surface area contributed by atoms with Gasteiger partial charge < -0.3 is 14.2 Å². The van der Waals surface area contributed by atoms with Gasteiger partial charge >= 0.3 is 0 Å². The molecule has 0 aromatic heterocycles. The molecular weight excluding hydrogens is 531 g/mol. The van der Waals surface area contributed by atoms with Gasteiger partial charge in [-0.25, -0.2) is 5.43 Å². The molecule has 3 aromatic rings. The van der Waals surface area contributed by atoms with E-state index in [0.717, 1.165) is 5.56 Å². The van der Waals surface area contributed by atoms with E-state index in [0.29, 0.717) is 49.5 Å². The Hall–Kier alpha value is -2.74. The molecule has 0 aliphatic heterocycles. The van der Waals surface area contributed by atoms with Gasteiger partial charge in [0.15, 0.2) is 11.5 Å². The lowest BCUT2D eigenvalue weighted by Gasteiger charge is -2.14. The second kappa shape index (κ2) is 11.9. The molecule has 0 saturated heterocycles. The van der Waals surface area contributed by atoms with Gasteiger partial charge in [0.2, 0.25) is 0 Å². The first-order chi connectivity index (χ1) is 15.9. The van der Waals surface area contributed by atoms with Gasteiger partial charge in [-0.3, -0.25) is 4.79 Å². The van der Waals surface area contributed by atoms with Crippen LogP contribution in [0.3, 0.4) is 0 Å². The highest BCUT2D eigenvalue weighted by Gasteiger charge is 2.13. The number of rotatable bonds is 9. The molecule has 6 nitrogen and oxygen atoms in total. The Balaban J connectivity index is 1.75. The molecule has 0 saturated carbocycles. The Bertz CT molecular complexity index is 1170. The summed E-state index contributed by atoms with van der Waals surface area (Å²) < 4.78 is 17.6. The van der Waals surface area contributed by atoms with Crippen molar-refractivity contribution in [3.63, 3.8) is 0 Å². The number of carbonyl (C=O) groups is 1. The van der Waals surface area contributed by atoms with Crippen LogP contribution in [0, 0.1) is 0 Å². The molecule has 0 heterocycles. The SMILES string of the molecule is CCOc1cc(/C=N\NC(=O)c2ccccc2OC)c(Br)cc1OCc1ccc(Cl)cc1Cl. The first-order valence-electron chi connectivity index (χ1n) is 9.92. The van der Waals surface area contributed by atoms with Crippen LogP contribution < -0.4 is 19.6 Å². The average molecular weight is 552 g/mol. The summed E-state index contributed by atoms with van der Waals surface area (Å²) in [6, 6.07) is 15.7. The van der Waals surface area contributed by atoms with Crippen molar-refractivity contribution in [2.75, 3.05) is 13.7 Å². The fraction of sp³-hybridized carbons (Fsp3) is 0.167. The number of halogens is 3. The molecule has 172 valence electrons. The van der Waals surface area contributed by atoms with Gasteiger partial charge in [0.25, 0.3) is 5.91 Å². The van der Waals surface area contributed by atoms with Gasteiger partial charge in [0.05, 0.1) is 25.5 Å². The third-order valence-corrected chi connectivity index (χ3v) is 5.76. The van der Waals surface area contributed by atoms with Gasteiger partial charge in [-0.15, -0.1) is 0 Å². The van der Waals surface area contributed by atoms with E-state index in [1.54, 1.807) is 48.5 Å². The summed E-state index contributed by atoms with van der Waals surface area (Å²) in [5.74, 6) is 1.14. The molecule has 3 aromatic carbocycles. The predicted molar refractivity (Wildman–Crippen MR) is 134 cm³/mol. The van der Waals surface area contributed by atoms with Gasteiger partial charge in [0.1, 0.15) is 12.4 Å². The standard InChI is InChI=1S/C24H21BrCl2N2O4/c1-3-32-22-10-16(13-28-29-24(30)18-6-4-5-7-21(18)31-2)19(25)12-23(22)33-14-15-8-9-17(26)11-20(15)27/h4-13H,3,14H2,1-2H3,(H,29,30)/b28-13-. The summed E-state index contributed by atoms with van der Waals surface area (Å²) in [6.07, 6.45) is 1.51. The first-order valence-corrected chi connectivity index (χ1v) is 11.5. The number of carbonyl (C=O) groups excluding carboxylic acids is 1. The topological polar surface area (TPSA) is 69.2 Å². The van der Waals surface area contributed by atoms with Crippen LogP contribution in [0.4, 0.5) is 0 Å². The fourth-order valence-electron chi connectivity index (χ4n) is 2.88. The Labute approximate surface area is 210 Å². The Morgan fingerprint density at radius 2 is 1.82 bits per heavy atom. The monoisotopic (exact) mass is 550 g/mol. The minimum atomic E-state index is -0.385. The number of hydrogen-bond acceptors (Lipinski definition) is 5. The van der Waals surface area contributed by atoms with E-state index < -0.39 is 0 Å². The van der Waals surface area contributed by atoms with Crippen LogP contribution in [0.15, 0.2) is 64.2 Å². The second-order valence-electron chi connectivity index (χ2n) is 6.68. The predicted octanol–water partition coefficient (Wildman–Crippen LogP) is 6.51. The average Bonchev–Trinajstić information content (AvgIpc) is 2.80. The Kier molecular flexibility index (Phi) is 9.00. The van der Waals surface area contributed by atoms with Crippen LogP contribution in [-0.4, -0.2) is 25.8 Å². The summed E-state index contributed by atoms with van der Waals surface area (Å²) in [7, 11) is 1.51. The van der Waals surface area contributed by atoms with Crippen molar-refractivity contribution in [3.05, 3.63) is 85.8 Å². The van der Waals surface area contributed by atoms with E-state index in [1.165, 1.54) is 13.3 Å². The molecule has 0 radical (unpaired) electrons. The van der Waals surface area contributed by atoms with Crippen molar-refractivity contribution in [1.29, 1.82) is 0 Å². The maximum absolute atomic E-state index is 12.4. The second-order valence-corrected chi connectivity index (χ2v) is 8.38. The van der Waals surface area contributed by atoms with Gasteiger partial charge in [-0.05, 0) is 59.3 Å². The van der Waals surface area contributed by atoms with Gasteiger partial charge in [0, 0.05) is 25.6 Å². The third kappa shape index (κ3) is 6.63. The van der Waals surface area contributed by atoms with Crippen LogP contribution in [0.25, 0.3) is 0 Å². The number of ether oxygens (including phenoxy) is 3. The number of amides is 1. The molecule has 3 rings (SSSR count). The minimum Gasteiger partial charge on any atom is -0.496 e. The summed E-state index contributed by atoms with van der Waals surface area (Å²) in [6.45, 7) is 2.56. The third-order valence-electron chi connectivity index (χ3n) is 4.48. The van der Waals surface area contributed by atoms with E-state index in [4.69, 9.17) is 37.4 Å². The van der Waals surface area contributed by atoms with E-state index in [-0.39, 0.29) is 12.5 Å². The lowest BCUT2D eigenvalue weighted by molar-refractivity contribution is 0.0952. The number of nitrogens with zero attached hydrogens (tertiary/aromatic N) is 1. The molecule has 0 aliphatic carbocycles. The minimum absolute atomic E-state index is 0.241. The number of para-hydroxylation sites is 1. The Morgan fingerprint density at radius 3 is 2.55 bits per heavy atom. The summed E-state index contributed by atoms with van der Waals surface area (Å²) in [5, 5.41) is 5.14. The van der Waals surface area contributed by atoms with Crippen LogP contribution in [0.1, 0.15) is 28.4 Å².